The van der Waals surface area contributed by atoms with Crippen molar-refractivity contribution in [3.05, 3.63) is 57.9 Å². The van der Waals surface area contributed by atoms with Crippen molar-refractivity contribution in [3.8, 4) is 22.6 Å². The molecule has 3 heterocycles. The number of rotatable bonds is 4. The van der Waals surface area contributed by atoms with Crippen molar-refractivity contribution in [1.29, 1.82) is 0 Å². The first-order valence-electron chi connectivity index (χ1n) is 9.01. The van der Waals surface area contributed by atoms with Gasteiger partial charge in [0, 0.05) is 35.1 Å². The number of carboxylic acid groups (broad SMARTS) is 1. The van der Waals surface area contributed by atoms with Gasteiger partial charge < -0.3 is 9.63 Å². The minimum absolute atomic E-state index is 0.215. The fraction of sp³-hybridized carbons (Fsp3) is 0.250. The maximum absolute atomic E-state index is 13.5. The lowest BCUT2D eigenvalue weighted by molar-refractivity contribution is -0.140. The second kappa shape index (κ2) is 6.55. The summed E-state index contributed by atoms with van der Waals surface area (Å²) in [5, 5.41) is 14.0. The van der Waals surface area contributed by atoms with E-state index in [0.29, 0.717) is 16.3 Å². The number of thioether (sulfide) groups is 1. The van der Waals surface area contributed by atoms with Crippen LogP contribution in [-0.2, 0) is 4.79 Å². The topological polar surface area (TPSA) is 85.3 Å². The van der Waals surface area contributed by atoms with Gasteiger partial charge in [-0.3, -0.25) is 9.36 Å². The highest BCUT2D eigenvalue weighted by molar-refractivity contribution is 7.99. The molecule has 0 spiro atoms. The minimum atomic E-state index is -1.04. The van der Waals surface area contributed by atoms with Crippen molar-refractivity contribution in [3.63, 3.8) is 0 Å². The molecule has 3 aromatic rings. The summed E-state index contributed by atoms with van der Waals surface area (Å²) < 4.78 is 33.8. The van der Waals surface area contributed by atoms with Crippen LogP contribution in [-0.4, -0.2) is 26.6 Å². The van der Waals surface area contributed by atoms with Crippen LogP contribution in [0.1, 0.15) is 30.4 Å². The molecule has 1 saturated carbocycles. The normalized spacial score (nSPS) is 18.1. The minimum Gasteiger partial charge on any atom is -0.480 e. The summed E-state index contributed by atoms with van der Waals surface area (Å²) >= 11 is 1.35. The molecule has 1 aliphatic carbocycles. The lowest BCUT2D eigenvalue weighted by Crippen LogP contribution is -2.29. The van der Waals surface area contributed by atoms with Crippen LogP contribution in [0.2, 0.25) is 0 Å². The number of halogens is 2. The first-order chi connectivity index (χ1) is 13.9. The first-order valence-corrected chi connectivity index (χ1v) is 9.99. The van der Waals surface area contributed by atoms with Crippen LogP contribution in [0.4, 0.5) is 8.78 Å². The Kier molecular flexibility index (Phi) is 4.09. The van der Waals surface area contributed by atoms with Gasteiger partial charge >= 0.3 is 5.97 Å². The Labute approximate surface area is 167 Å². The number of fused-ring (bicyclic) bond motifs is 1. The van der Waals surface area contributed by atoms with Crippen molar-refractivity contribution in [2.75, 3.05) is 5.75 Å². The van der Waals surface area contributed by atoms with E-state index in [9.17, 15) is 23.5 Å². The molecule has 1 aromatic carbocycles. The molecule has 29 heavy (non-hydrogen) atoms. The number of aromatic nitrogens is 2. The molecule has 9 heteroatoms. The van der Waals surface area contributed by atoms with E-state index >= 15 is 0 Å². The number of hydrogen-bond donors (Lipinski definition) is 1. The molecule has 5 rings (SSSR count). The summed E-state index contributed by atoms with van der Waals surface area (Å²) in [7, 11) is 0. The molecular formula is C20H14F2N2O4S. The maximum atomic E-state index is 13.5. The lowest BCUT2D eigenvalue weighted by atomic mass is 10.0. The van der Waals surface area contributed by atoms with E-state index in [2.05, 4.69) is 5.16 Å². The molecule has 6 nitrogen and oxygen atoms in total. The third-order valence-electron chi connectivity index (χ3n) is 5.14. The van der Waals surface area contributed by atoms with Crippen LogP contribution >= 0.6 is 11.8 Å². The summed E-state index contributed by atoms with van der Waals surface area (Å²) in [5.41, 5.74) is 1.48. The Bertz CT molecular complexity index is 1200. The Morgan fingerprint density at radius 1 is 1.17 bits per heavy atom. The summed E-state index contributed by atoms with van der Waals surface area (Å²) in [6.45, 7) is 0. The fourth-order valence-corrected chi connectivity index (χ4v) is 5.08. The molecule has 0 amide bonds. The van der Waals surface area contributed by atoms with Crippen molar-refractivity contribution in [2.24, 2.45) is 0 Å². The molecule has 1 unspecified atom stereocenters. The summed E-state index contributed by atoms with van der Waals surface area (Å²) in [6.07, 6.45) is 1.87. The SMILES string of the molecule is O=C(O)C1CSc2c(C3CC3)c(-c3cc(-c4cc(F)cc(F)c4)no3)cc(=O)n21. The number of hydrogen-bond acceptors (Lipinski definition) is 5. The van der Waals surface area contributed by atoms with Gasteiger partial charge in [-0.2, -0.15) is 0 Å². The summed E-state index contributed by atoms with van der Waals surface area (Å²) in [6, 6.07) is 5.09. The Balaban J connectivity index is 1.64. The zero-order chi connectivity index (χ0) is 20.3. The predicted octanol–water partition coefficient (Wildman–Crippen LogP) is 4.06. The molecule has 2 aromatic heterocycles. The van der Waals surface area contributed by atoms with Crippen LogP contribution in [0.15, 0.2) is 44.7 Å². The largest absolute Gasteiger partial charge is 0.480 e. The van der Waals surface area contributed by atoms with Crippen LogP contribution in [0, 0.1) is 11.6 Å². The van der Waals surface area contributed by atoms with Crippen LogP contribution in [0.5, 0.6) is 0 Å². The molecular weight excluding hydrogens is 402 g/mol. The summed E-state index contributed by atoms with van der Waals surface area (Å²) in [4.78, 5) is 24.2. The predicted molar refractivity (Wildman–Crippen MR) is 101 cm³/mol. The van der Waals surface area contributed by atoms with Gasteiger partial charge in [0.2, 0.25) is 0 Å². The van der Waals surface area contributed by atoms with E-state index in [4.69, 9.17) is 4.52 Å². The van der Waals surface area contributed by atoms with Crippen molar-refractivity contribution in [1.82, 2.24) is 9.72 Å². The van der Waals surface area contributed by atoms with Gasteiger partial charge in [-0.05, 0) is 36.5 Å². The van der Waals surface area contributed by atoms with E-state index in [1.807, 2.05) is 0 Å². The van der Waals surface area contributed by atoms with Gasteiger partial charge in [-0.1, -0.05) is 5.16 Å². The Morgan fingerprint density at radius 2 is 1.90 bits per heavy atom. The number of nitrogens with zero attached hydrogens (tertiary/aromatic N) is 2. The van der Waals surface area contributed by atoms with E-state index < -0.39 is 29.2 Å². The van der Waals surface area contributed by atoms with Gasteiger partial charge in [0.15, 0.2) is 5.76 Å². The molecule has 0 radical (unpaired) electrons. The van der Waals surface area contributed by atoms with Gasteiger partial charge in [-0.25, -0.2) is 13.6 Å². The lowest BCUT2D eigenvalue weighted by Gasteiger charge is -2.14. The summed E-state index contributed by atoms with van der Waals surface area (Å²) in [5.74, 6) is -1.68. The highest BCUT2D eigenvalue weighted by Gasteiger charge is 2.38. The highest BCUT2D eigenvalue weighted by Crippen LogP contribution is 2.50. The third kappa shape index (κ3) is 3.05. The van der Waals surface area contributed by atoms with E-state index in [-0.39, 0.29) is 22.9 Å². The van der Waals surface area contributed by atoms with Gasteiger partial charge in [0.05, 0.1) is 5.03 Å². The quantitative estimate of drug-likeness (QED) is 0.691. The van der Waals surface area contributed by atoms with Gasteiger partial charge in [-0.15, -0.1) is 11.8 Å². The number of carboxylic acids is 1. The second-order valence-corrected chi connectivity index (χ2v) is 8.17. The second-order valence-electron chi connectivity index (χ2n) is 7.16. The average Bonchev–Trinajstić information content (AvgIpc) is 3.19. The zero-order valence-electron chi connectivity index (χ0n) is 14.9. The average molecular weight is 416 g/mol. The molecule has 1 fully saturated rings. The molecule has 0 bridgehead atoms. The van der Waals surface area contributed by atoms with E-state index in [1.165, 1.54) is 22.4 Å². The smallest absolute Gasteiger partial charge is 0.327 e. The number of carbonyl (C=O) groups is 1. The number of pyridine rings is 1. The van der Waals surface area contributed by atoms with Crippen molar-refractivity contribution < 1.29 is 23.2 Å². The maximum Gasteiger partial charge on any atom is 0.327 e. The standard InChI is InChI=1S/C20H14F2N2O4S/c21-11-3-10(4-12(22)5-11)14-7-16(28-23-14)13-6-17(25)24-15(20(26)27)8-29-19(24)18(13)9-1-2-9/h3-7,9,15H,1-2,8H2,(H,26,27). The van der Waals surface area contributed by atoms with Gasteiger partial charge in [0.25, 0.3) is 5.56 Å². The van der Waals surface area contributed by atoms with Crippen molar-refractivity contribution in [2.45, 2.75) is 29.8 Å². The molecule has 1 N–H and O–H groups in total. The van der Waals surface area contributed by atoms with E-state index in [0.717, 1.165) is 36.6 Å². The zero-order valence-corrected chi connectivity index (χ0v) is 15.7. The molecule has 0 saturated heterocycles. The fourth-order valence-electron chi connectivity index (χ4n) is 3.68. The van der Waals surface area contributed by atoms with Crippen molar-refractivity contribution >= 4 is 17.7 Å². The molecule has 1 atom stereocenters. The van der Waals surface area contributed by atoms with Gasteiger partial charge in [0.1, 0.15) is 23.4 Å². The monoisotopic (exact) mass is 416 g/mol. The molecule has 148 valence electrons. The first kappa shape index (κ1) is 18.1. The van der Waals surface area contributed by atoms with Crippen LogP contribution < -0.4 is 5.56 Å². The number of aliphatic carboxylic acids is 1. The van der Waals surface area contributed by atoms with Crippen LogP contribution in [0.3, 0.4) is 0 Å². The third-order valence-corrected chi connectivity index (χ3v) is 6.31. The highest BCUT2D eigenvalue weighted by atomic mass is 32.2. The van der Waals surface area contributed by atoms with Crippen LogP contribution in [0.25, 0.3) is 22.6 Å². The number of benzene rings is 1. The Hall–Kier alpha value is -2.94. The van der Waals surface area contributed by atoms with E-state index in [1.54, 1.807) is 6.07 Å². The Morgan fingerprint density at radius 3 is 2.55 bits per heavy atom. The molecule has 1 aliphatic heterocycles. The molecule has 2 aliphatic rings.